The van der Waals surface area contributed by atoms with Crippen LogP contribution in [0.25, 0.3) is 0 Å². The van der Waals surface area contributed by atoms with Crippen molar-refractivity contribution in [3.63, 3.8) is 0 Å². The van der Waals surface area contributed by atoms with Gasteiger partial charge in [-0.3, -0.25) is 9.59 Å². The van der Waals surface area contributed by atoms with E-state index in [1.54, 1.807) is 6.92 Å². The molecule has 37 heavy (non-hydrogen) atoms. The van der Waals surface area contributed by atoms with Crippen molar-refractivity contribution in [2.24, 2.45) is 11.3 Å². The fraction of sp³-hybridized carbons (Fsp3) is 0.548. The highest BCUT2D eigenvalue weighted by atomic mass is 31.2. The van der Waals surface area contributed by atoms with Gasteiger partial charge in [-0.1, -0.05) is 75.4 Å². The van der Waals surface area contributed by atoms with Gasteiger partial charge >= 0.3 is 11.9 Å². The van der Waals surface area contributed by atoms with Crippen molar-refractivity contribution in [3.8, 4) is 0 Å². The van der Waals surface area contributed by atoms with Gasteiger partial charge in [-0.05, 0) is 43.4 Å². The molecule has 0 aliphatic rings. The summed E-state index contributed by atoms with van der Waals surface area (Å²) in [6.45, 7) is 14.5. The van der Waals surface area contributed by atoms with Crippen LogP contribution in [0, 0.1) is 11.3 Å². The molecule has 0 spiro atoms. The van der Waals surface area contributed by atoms with Crippen LogP contribution < -0.4 is 0 Å². The standard InChI is InChI=1S/C31H46O5P/c1-8-24(3)29(32)36-23-31(5,22-35-25(4)9-2)30(33)34-19-26-15-17-28(18-16-26)21-37(6,7)20-27-13-11-10-12-14-27/h10-18,24-25H,8-9,19-23H2,1-7H3/q+1. The summed E-state index contributed by atoms with van der Waals surface area (Å²) in [5.41, 5.74) is 2.55. The number of rotatable bonds is 15. The van der Waals surface area contributed by atoms with Crippen LogP contribution in [-0.4, -0.2) is 44.6 Å². The summed E-state index contributed by atoms with van der Waals surface area (Å²) in [5, 5.41) is 0. The fourth-order valence-electron chi connectivity index (χ4n) is 3.83. The minimum Gasteiger partial charge on any atom is -0.464 e. The van der Waals surface area contributed by atoms with Crippen LogP contribution in [0.4, 0.5) is 0 Å². The van der Waals surface area contributed by atoms with Gasteiger partial charge in [-0.15, -0.1) is 0 Å². The summed E-state index contributed by atoms with van der Waals surface area (Å²) in [7, 11) is -1.14. The third-order valence-corrected chi connectivity index (χ3v) is 9.20. The molecule has 2 aromatic carbocycles. The van der Waals surface area contributed by atoms with Crippen LogP contribution in [0.15, 0.2) is 54.6 Å². The van der Waals surface area contributed by atoms with Crippen molar-refractivity contribution in [1.82, 2.24) is 0 Å². The molecule has 6 heteroatoms. The molecule has 2 aromatic rings. The molecule has 0 fully saturated rings. The van der Waals surface area contributed by atoms with Crippen molar-refractivity contribution in [1.29, 1.82) is 0 Å². The third-order valence-electron chi connectivity index (χ3n) is 6.76. The van der Waals surface area contributed by atoms with Gasteiger partial charge in [-0.2, -0.15) is 0 Å². The first-order valence-electron chi connectivity index (χ1n) is 13.4. The van der Waals surface area contributed by atoms with E-state index in [0.717, 1.165) is 24.3 Å². The minimum atomic E-state index is -1.14. The lowest BCUT2D eigenvalue weighted by Gasteiger charge is -2.28. The number of hydrogen-bond acceptors (Lipinski definition) is 5. The van der Waals surface area contributed by atoms with Crippen LogP contribution in [0.5, 0.6) is 0 Å². The van der Waals surface area contributed by atoms with Crippen molar-refractivity contribution in [2.45, 2.75) is 72.5 Å². The second kappa shape index (κ2) is 14.6. The van der Waals surface area contributed by atoms with Crippen molar-refractivity contribution in [2.75, 3.05) is 26.5 Å². The molecule has 0 saturated carbocycles. The average molecular weight is 530 g/mol. The highest BCUT2D eigenvalue weighted by molar-refractivity contribution is 7.72. The lowest BCUT2D eigenvalue weighted by Crippen LogP contribution is -2.41. The van der Waals surface area contributed by atoms with Gasteiger partial charge in [0.25, 0.3) is 0 Å². The molecule has 0 bridgehead atoms. The van der Waals surface area contributed by atoms with Gasteiger partial charge in [0.15, 0.2) is 0 Å². The molecular weight excluding hydrogens is 483 g/mol. The third kappa shape index (κ3) is 10.6. The van der Waals surface area contributed by atoms with Crippen molar-refractivity contribution < 1.29 is 23.8 Å². The highest BCUT2D eigenvalue weighted by Crippen LogP contribution is 2.57. The second-order valence-electron chi connectivity index (χ2n) is 11.1. The largest absolute Gasteiger partial charge is 0.464 e. The maximum absolute atomic E-state index is 13.1. The molecule has 0 saturated heterocycles. The molecule has 3 atom stereocenters. The lowest BCUT2D eigenvalue weighted by molar-refractivity contribution is -0.171. The van der Waals surface area contributed by atoms with Crippen LogP contribution in [0.2, 0.25) is 0 Å². The highest BCUT2D eigenvalue weighted by Gasteiger charge is 2.38. The molecule has 2 rings (SSSR count). The van der Waals surface area contributed by atoms with Gasteiger partial charge in [0.05, 0.1) is 31.0 Å². The Bertz CT molecular complexity index is 973. The Kier molecular flexibility index (Phi) is 12.3. The summed E-state index contributed by atoms with van der Waals surface area (Å²) in [4.78, 5) is 25.4. The first kappa shape index (κ1) is 31.0. The zero-order chi connectivity index (χ0) is 27.5. The number of carbonyl (C=O) groups is 2. The fourth-order valence-corrected chi connectivity index (χ4v) is 6.35. The van der Waals surface area contributed by atoms with E-state index >= 15 is 0 Å². The monoisotopic (exact) mass is 529 g/mol. The summed E-state index contributed by atoms with van der Waals surface area (Å²) in [5.74, 6) is -0.945. The van der Waals surface area contributed by atoms with Crippen LogP contribution >= 0.6 is 7.26 Å². The molecule has 0 aliphatic heterocycles. The molecular formula is C31H46O5P+. The maximum Gasteiger partial charge on any atom is 0.317 e. The Morgan fingerprint density at radius 3 is 1.95 bits per heavy atom. The summed E-state index contributed by atoms with van der Waals surface area (Å²) < 4.78 is 17.0. The van der Waals surface area contributed by atoms with E-state index in [-0.39, 0.29) is 37.8 Å². The lowest BCUT2D eigenvalue weighted by atomic mass is 9.92. The SMILES string of the molecule is CCC(C)OCC(C)(COC(=O)C(C)CC)C(=O)OCc1ccc(C[P+](C)(C)Cc2ccccc2)cc1. The predicted molar refractivity (Wildman–Crippen MR) is 153 cm³/mol. The molecule has 0 aromatic heterocycles. The topological polar surface area (TPSA) is 61.8 Å². The first-order chi connectivity index (χ1) is 17.5. The molecule has 0 heterocycles. The Morgan fingerprint density at radius 2 is 1.38 bits per heavy atom. The Hall–Kier alpha value is -2.23. The van der Waals surface area contributed by atoms with Gasteiger partial charge < -0.3 is 14.2 Å². The minimum absolute atomic E-state index is 0.00100. The Balaban J connectivity index is 1.98. The van der Waals surface area contributed by atoms with E-state index in [1.807, 2.05) is 39.8 Å². The number of benzene rings is 2. The first-order valence-corrected chi connectivity index (χ1v) is 16.4. The quantitative estimate of drug-likeness (QED) is 0.182. The molecule has 204 valence electrons. The number of hydrogen-bond donors (Lipinski definition) is 0. The van der Waals surface area contributed by atoms with Crippen LogP contribution in [-0.2, 0) is 42.7 Å². The normalized spacial score (nSPS) is 14.9. The van der Waals surface area contributed by atoms with E-state index < -0.39 is 18.6 Å². The van der Waals surface area contributed by atoms with Gasteiger partial charge in [0.2, 0.25) is 0 Å². The van der Waals surface area contributed by atoms with Crippen molar-refractivity contribution >= 4 is 19.2 Å². The Labute approximate surface area is 224 Å². The molecule has 0 radical (unpaired) electrons. The zero-order valence-corrected chi connectivity index (χ0v) is 24.7. The van der Waals surface area contributed by atoms with E-state index in [0.29, 0.717) is 6.42 Å². The van der Waals surface area contributed by atoms with E-state index in [2.05, 4.69) is 55.8 Å². The predicted octanol–water partition coefficient (Wildman–Crippen LogP) is 7.12. The zero-order valence-electron chi connectivity index (χ0n) is 23.8. The molecule has 0 N–H and O–H groups in total. The number of carbonyl (C=O) groups excluding carboxylic acids is 2. The van der Waals surface area contributed by atoms with E-state index in [4.69, 9.17) is 14.2 Å². The molecule has 3 unspecified atom stereocenters. The van der Waals surface area contributed by atoms with Gasteiger partial charge in [-0.25, -0.2) is 0 Å². The second-order valence-corrected chi connectivity index (χ2v) is 15.6. The van der Waals surface area contributed by atoms with Crippen LogP contribution in [0.3, 0.4) is 0 Å². The number of esters is 2. The smallest absolute Gasteiger partial charge is 0.317 e. The van der Waals surface area contributed by atoms with Crippen molar-refractivity contribution in [3.05, 3.63) is 71.3 Å². The Morgan fingerprint density at radius 1 is 0.811 bits per heavy atom. The van der Waals surface area contributed by atoms with E-state index in [1.165, 1.54) is 11.1 Å². The molecule has 0 aliphatic carbocycles. The molecule has 5 nitrogen and oxygen atoms in total. The summed E-state index contributed by atoms with van der Waals surface area (Å²) >= 11 is 0. The van der Waals surface area contributed by atoms with E-state index in [9.17, 15) is 9.59 Å². The van der Waals surface area contributed by atoms with Gasteiger partial charge in [0, 0.05) is 20.6 Å². The average Bonchev–Trinajstić information content (AvgIpc) is 2.89. The number of ether oxygens (including phenoxy) is 3. The van der Waals surface area contributed by atoms with Gasteiger partial charge in [0.1, 0.15) is 18.6 Å². The summed E-state index contributed by atoms with van der Waals surface area (Å²) in [6, 6.07) is 19.0. The van der Waals surface area contributed by atoms with Crippen LogP contribution in [0.1, 0.15) is 64.2 Å². The maximum atomic E-state index is 13.1. The molecule has 0 amide bonds. The summed E-state index contributed by atoms with van der Waals surface area (Å²) in [6.07, 6.45) is 3.69.